The van der Waals surface area contributed by atoms with E-state index in [4.69, 9.17) is 4.74 Å². The smallest absolute Gasteiger partial charge is 0.277 e. The van der Waals surface area contributed by atoms with Gasteiger partial charge in [-0.3, -0.25) is 4.79 Å². The Labute approximate surface area is 197 Å². The van der Waals surface area contributed by atoms with Gasteiger partial charge in [0, 0.05) is 10.9 Å². The summed E-state index contributed by atoms with van der Waals surface area (Å²) in [6.07, 6.45) is 1.35. The predicted molar refractivity (Wildman–Crippen MR) is 133 cm³/mol. The first-order valence-corrected chi connectivity index (χ1v) is 10.7. The molecule has 170 valence electrons. The fourth-order valence-electron chi connectivity index (χ4n) is 3.43. The molecule has 0 radical (unpaired) electrons. The molecule has 0 aliphatic heterocycles. The molecule has 1 amide bonds. The van der Waals surface area contributed by atoms with Gasteiger partial charge in [0.1, 0.15) is 11.5 Å². The van der Waals surface area contributed by atoms with Crippen LogP contribution in [0.1, 0.15) is 16.7 Å². The molecule has 4 rings (SSSR count). The zero-order valence-electron chi connectivity index (χ0n) is 18.9. The quantitative estimate of drug-likeness (QED) is 0.201. The molecule has 0 heterocycles. The topological polar surface area (TPSA) is 95.6 Å². The van der Waals surface area contributed by atoms with Gasteiger partial charge in [-0.15, -0.1) is 5.11 Å². The summed E-state index contributed by atoms with van der Waals surface area (Å²) >= 11 is 0. The van der Waals surface area contributed by atoms with Crippen LogP contribution in [0.5, 0.6) is 11.5 Å². The summed E-state index contributed by atoms with van der Waals surface area (Å²) in [6, 6.07) is 24.3. The Balaban J connectivity index is 1.39. The molecule has 0 unspecified atom stereocenters. The van der Waals surface area contributed by atoms with E-state index in [9.17, 15) is 9.90 Å². The van der Waals surface area contributed by atoms with Gasteiger partial charge < -0.3 is 9.84 Å². The van der Waals surface area contributed by atoms with Crippen LogP contribution < -0.4 is 10.2 Å². The van der Waals surface area contributed by atoms with Crippen molar-refractivity contribution in [1.29, 1.82) is 0 Å². The summed E-state index contributed by atoms with van der Waals surface area (Å²) in [5.41, 5.74) is 6.15. The monoisotopic (exact) mass is 452 g/mol. The van der Waals surface area contributed by atoms with E-state index in [2.05, 4.69) is 20.8 Å². The van der Waals surface area contributed by atoms with E-state index in [0.29, 0.717) is 17.0 Å². The van der Waals surface area contributed by atoms with Crippen molar-refractivity contribution >= 4 is 34.3 Å². The second kappa shape index (κ2) is 10.4. The van der Waals surface area contributed by atoms with E-state index in [1.807, 2.05) is 74.5 Å². The zero-order chi connectivity index (χ0) is 23.9. The lowest BCUT2D eigenvalue weighted by Gasteiger charge is -2.08. The lowest BCUT2D eigenvalue weighted by atomic mass is 10.1. The van der Waals surface area contributed by atoms with Crippen molar-refractivity contribution in [3.05, 3.63) is 95.6 Å². The minimum atomic E-state index is -0.414. The van der Waals surface area contributed by atoms with Crippen molar-refractivity contribution in [2.24, 2.45) is 15.3 Å². The molecule has 0 fully saturated rings. The Kier molecular flexibility index (Phi) is 6.93. The third-order valence-electron chi connectivity index (χ3n) is 5.13. The maximum Gasteiger partial charge on any atom is 0.277 e. The summed E-state index contributed by atoms with van der Waals surface area (Å²) < 4.78 is 5.54. The van der Waals surface area contributed by atoms with Crippen LogP contribution in [0.2, 0.25) is 0 Å². The molecule has 0 saturated heterocycles. The molecule has 0 saturated carbocycles. The summed E-state index contributed by atoms with van der Waals surface area (Å²) in [7, 11) is 0. The van der Waals surface area contributed by atoms with Gasteiger partial charge in [-0.25, -0.2) is 5.43 Å². The Morgan fingerprint density at radius 2 is 1.79 bits per heavy atom. The number of benzene rings is 4. The summed E-state index contributed by atoms with van der Waals surface area (Å²) in [5, 5.41) is 24.8. The highest BCUT2D eigenvalue weighted by Gasteiger charge is 2.05. The molecule has 7 heteroatoms. The van der Waals surface area contributed by atoms with Crippen LogP contribution in [0.25, 0.3) is 10.8 Å². The van der Waals surface area contributed by atoms with Gasteiger partial charge >= 0.3 is 0 Å². The van der Waals surface area contributed by atoms with Crippen molar-refractivity contribution in [3.63, 3.8) is 0 Å². The van der Waals surface area contributed by atoms with Crippen LogP contribution in [-0.4, -0.2) is 23.8 Å². The fourth-order valence-corrected chi connectivity index (χ4v) is 3.43. The number of hydrogen-bond donors (Lipinski definition) is 2. The molecule has 0 aromatic heterocycles. The zero-order valence-corrected chi connectivity index (χ0v) is 18.9. The number of aryl methyl sites for hydroxylation is 2. The van der Waals surface area contributed by atoms with Gasteiger partial charge in [-0.05, 0) is 55.1 Å². The van der Waals surface area contributed by atoms with Crippen molar-refractivity contribution in [1.82, 2.24) is 5.43 Å². The number of ether oxygens (including phenoxy) is 1. The highest BCUT2D eigenvalue weighted by atomic mass is 16.5. The Morgan fingerprint density at radius 1 is 0.971 bits per heavy atom. The third kappa shape index (κ3) is 5.63. The van der Waals surface area contributed by atoms with Gasteiger partial charge in [0.15, 0.2) is 6.61 Å². The van der Waals surface area contributed by atoms with Crippen LogP contribution in [-0.2, 0) is 4.79 Å². The van der Waals surface area contributed by atoms with Crippen LogP contribution in [0, 0.1) is 13.8 Å². The number of azo groups is 1. The van der Waals surface area contributed by atoms with E-state index in [1.54, 1.807) is 12.1 Å². The van der Waals surface area contributed by atoms with E-state index in [1.165, 1.54) is 12.3 Å². The average Bonchev–Trinajstić information content (AvgIpc) is 2.83. The second-order valence-electron chi connectivity index (χ2n) is 7.79. The van der Waals surface area contributed by atoms with E-state index in [-0.39, 0.29) is 12.4 Å². The number of hydrazone groups is 1. The summed E-state index contributed by atoms with van der Waals surface area (Å²) in [6.45, 7) is 3.74. The molecule has 0 aliphatic carbocycles. The van der Waals surface area contributed by atoms with Gasteiger partial charge in [-0.1, -0.05) is 54.1 Å². The molecule has 0 bridgehead atoms. The van der Waals surface area contributed by atoms with Crippen molar-refractivity contribution in [2.45, 2.75) is 13.8 Å². The van der Waals surface area contributed by atoms with Crippen molar-refractivity contribution in [2.75, 3.05) is 6.61 Å². The van der Waals surface area contributed by atoms with Gasteiger partial charge in [0.05, 0.1) is 17.6 Å². The van der Waals surface area contributed by atoms with Crippen LogP contribution in [0.4, 0.5) is 11.4 Å². The molecule has 0 spiro atoms. The Morgan fingerprint density at radius 3 is 2.65 bits per heavy atom. The number of amides is 1. The molecule has 2 N–H and O–H groups in total. The summed E-state index contributed by atoms with van der Waals surface area (Å²) in [4.78, 5) is 12.1. The first-order chi connectivity index (χ1) is 16.5. The number of aromatic hydroxyl groups is 1. The number of phenolic OH excluding ortho intramolecular Hbond substituents is 1. The first-order valence-electron chi connectivity index (χ1n) is 10.7. The van der Waals surface area contributed by atoms with Crippen LogP contribution >= 0.6 is 0 Å². The predicted octanol–water partition coefficient (Wildman–Crippen LogP) is 6.11. The van der Waals surface area contributed by atoms with E-state index >= 15 is 0 Å². The number of rotatable bonds is 7. The van der Waals surface area contributed by atoms with Crippen molar-refractivity contribution < 1.29 is 14.6 Å². The number of carbonyl (C=O) groups excluding carboxylic acids is 1. The maximum atomic E-state index is 12.1. The fraction of sp³-hybridized carbons (Fsp3) is 0.111. The van der Waals surface area contributed by atoms with E-state index in [0.717, 1.165) is 27.6 Å². The number of nitrogens with zero attached hydrogens (tertiary/aromatic N) is 3. The normalized spacial score (nSPS) is 11.4. The number of phenols is 1. The standard InChI is InChI=1S/C27H24N4O3/c1-18-10-13-26(19(2)14-18)34-17-27(33)31-28-16-21-15-22(11-12-25(21)32)29-30-24-9-5-7-20-6-3-4-8-23(20)24/h3-16,32H,17H2,1-2H3,(H,31,33). The summed E-state index contributed by atoms with van der Waals surface area (Å²) in [5.74, 6) is 0.239. The minimum absolute atomic E-state index is 0.00800. The van der Waals surface area contributed by atoms with E-state index < -0.39 is 5.91 Å². The molecule has 4 aromatic carbocycles. The minimum Gasteiger partial charge on any atom is -0.507 e. The Bertz CT molecular complexity index is 1390. The van der Waals surface area contributed by atoms with Crippen LogP contribution in [0.15, 0.2) is 94.2 Å². The number of fused-ring (bicyclic) bond motifs is 1. The third-order valence-corrected chi connectivity index (χ3v) is 5.13. The molecular formula is C27H24N4O3. The van der Waals surface area contributed by atoms with Crippen molar-refractivity contribution in [3.8, 4) is 11.5 Å². The lowest BCUT2D eigenvalue weighted by Crippen LogP contribution is -2.24. The number of hydrogen-bond acceptors (Lipinski definition) is 6. The highest BCUT2D eigenvalue weighted by Crippen LogP contribution is 2.28. The average molecular weight is 453 g/mol. The second-order valence-corrected chi connectivity index (χ2v) is 7.79. The van der Waals surface area contributed by atoms with Crippen LogP contribution in [0.3, 0.4) is 0 Å². The molecule has 34 heavy (non-hydrogen) atoms. The molecule has 4 aromatic rings. The lowest BCUT2D eigenvalue weighted by molar-refractivity contribution is -0.123. The number of nitrogens with one attached hydrogen (secondary N) is 1. The molecule has 0 aliphatic rings. The largest absolute Gasteiger partial charge is 0.507 e. The molecular weight excluding hydrogens is 428 g/mol. The Hall–Kier alpha value is -4.52. The molecule has 7 nitrogen and oxygen atoms in total. The highest BCUT2D eigenvalue weighted by molar-refractivity contribution is 5.92. The SMILES string of the molecule is Cc1ccc(OCC(=O)NN=Cc2cc(N=Nc3cccc4ccccc34)ccc2O)c(C)c1. The first kappa shape index (κ1) is 22.7. The maximum absolute atomic E-state index is 12.1. The van der Waals surface area contributed by atoms with Gasteiger partial charge in [0.25, 0.3) is 5.91 Å². The number of carbonyl (C=O) groups is 1. The van der Waals surface area contributed by atoms with Gasteiger partial charge in [0.2, 0.25) is 0 Å². The molecule has 0 atom stereocenters. The van der Waals surface area contributed by atoms with Gasteiger partial charge in [-0.2, -0.15) is 10.2 Å².